The monoisotopic (exact) mass is 239 g/mol. The highest BCUT2D eigenvalue weighted by Crippen LogP contribution is 2.03. The highest BCUT2D eigenvalue weighted by molar-refractivity contribution is 6.18. The standard InChI is InChI=1S/C13H18ClNO/c1-2-15(13(16)8-10-14)11-9-12-6-4-3-5-7-12/h3-7H,2,8-11H2,1H3. The van der Waals surface area contributed by atoms with Gasteiger partial charge in [-0.15, -0.1) is 11.6 Å². The summed E-state index contributed by atoms with van der Waals surface area (Å²) in [6.45, 7) is 3.52. The summed E-state index contributed by atoms with van der Waals surface area (Å²) in [5.41, 5.74) is 1.26. The average molecular weight is 240 g/mol. The van der Waals surface area contributed by atoms with Gasteiger partial charge < -0.3 is 4.90 Å². The first kappa shape index (κ1) is 13.0. The highest BCUT2D eigenvalue weighted by atomic mass is 35.5. The largest absolute Gasteiger partial charge is 0.343 e. The molecule has 0 saturated carbocycles. The molecule has 0 fully saturated rings. The summed E-state index contributed by atoms with van der Waals surface area (Å²) in [7, 11) is 0. The second-order valence-electron chi connectivity index (χ2n) is 3.65. The third-order valence-electron chi connectivity index (χ3n) is 2.56. The lowest BCUT2D eigenvalue weighted by Gasteiger charge is -2.20. The number of halogens is 1. The number of rotatable bonds is 6. The van der Waals surface area contributed by atoms with Crippen molar-refractivity contribution in [1.29, 1.82) is 0 Å². The molecule has 0 N–H and O–H groups in total. The van der Waals surface area contributed by atoms with E-state index >= 15 is 0 Å². The number of carbonyl (C=O) groups is 1. The highest BCUT2D eigenvalue weighted by Gasteiger charge is 2.10. The van der Waals surface area contributed by atoms with E-state index in [2.05, 4.69) is 12.1 Å². The van der Waals surface area contributed by atoms with E-state index in [0.717, 1.165) is 19.5 Å². The van der Waals surface area contributed by atoms with Crippen LogP contribution in [0.2, 0.25) is 0 Å². The molecule has 0 radical (unpaired) electrons. The molecule has 2 nitrogen and oxygen atoms in total. The number of carbonyl (C=O) groups excluding carboxylic acids is 1. The molecule has 88 valence electrons. The zero-order valence-electron chi connectivity index (χ0n) is 9.66. The quantitative estimate of drug-likeness (QED) is 0.699. The molecule has 0 unspecified atom stereocenters. The second kappa shape index (κ2) is 7.29. The van der Waals surface area contributed by atoms with E-state index in [1.54, 1.807) is 0 Å². The lowest BCUT2D eigenvalue weighted by molar-refractivity contribution is -0.130. The zero-order valence-corrected chi connectivity index (χ0v) is 10.4. The molecule has 16 heavy (non-hydrogen) atoms. The van der Waals surface area contributed by atoms with Crippen molar-refractivity contribution in [3.8, 4) is 0 Å². The van der Waals surface area contributed by atoms with E-state index in [1.165, 1.54) is 5.56 Å². The van der Waals surface area contributed by atoms with Crippen LogP contribution in [-0.2, 0) is 11.2 Å². The molecule has 1 aromatic rings. The minimum absolute atomic E-state index is 0.147. The summed E-state index contributed by atoms with van der Waals surface area (Å²) >= 11 is 5.57. The van der Waals surface area contributed by atoms with Crippen LogP contribution in [0, 0.1) is 0 Å². The molecule has 1 rings (SSSR count). The molecule has 1 aromatic carbocycles. The van der Waals surface area contributed by atoms with Crippen LogP contribution >= 0.6 is 11.6 Å². The Hall–Kier alpha value is -1.02. The Balaban J connectivity index is 2.43. The second-order valence-corrected chi connectivity index (χ2v) is 4.03. The normalized spacial score (nSPS) is 10.1. The van der Waals surface area contributed by atoms with Gasteiger partial charge in [0.2, 0.25) is 5.91 Å². The Kier molecular flexibility index (Phi) is 5.94. The molecule has 0 bridgehead atoms. The maximum atomic E-state index is 11.6. The molecule has 0 heterocycles. The van der Waals surface area contributed by atoms with Crippen LogP contribution in [0.4, 0.5) is 0 Å². The summed E-state index contributed by atoms with van der Waals surface area (Å²) in [4.78, 5) is 13.5. The molecule has 0 aliphatic carbocycles. The van der Waals surface area contributed by atoms with Crippen molar-refractivity contribution < 1.29 is 4.79 Å². The summed E-state index contributed by atoms with van der Waals surface area (Å²) in [6, 6.07) is 10.2. The number of amides is 1. The first-order chi connectivity index (χ1) is 7.77. The maximum Gasteiger partial charge on any atom is 0.223 e. The summed E-state index contributed by atoms with van der Waals surface area (Å²) < 4.78 is 0. The Labute approximate surface area is 102 Å². The van der Waals surface area contributed by atoms with Gasteiger partial charge in [-0.3, -0.25) is 4.79 Å². The molecule has 0 aromatic heterocycles. The minimum Gasteiger partial charge on any atom is -0.343 e. The lowest BCUT2D eigenvalue weighted by Crippen LogP contribution is -2.32. The number of alkyl halides is 1. The Morgan fingerprint density at radius 3 is 2.56 bits per heavy atom. The van der Waals surface area contributed by atoms with Gasteiger partial charge in [0.25, 0.3) is 0 Å². The molecular formula is C13H18ClNO. The van der Waals surface area contributed by atoms with Gasteiger partial charge in [0, 0.05) is 25.4 Å². The van der Waals surface area contributed by atoms with E-state index in [0.29, 0.717) is 12.3 Å². The van der Waals surface area contributed by atoms with Crippen LogP contribution in [0.15, 0.2) is 30.3 Å². The smallest absolute Gasteiger partial charge is 0.223 e. The summed E-state index contributed by atoms with van der Waals surface area (Å²) in [6.07, 6.45) is 1.34. The minimum atomic E-state index is 0.147. The van der Waals surface area contributed by atoms with Crippen molar-refractivity contribution in [2.45, 2.75) is 19.8 Å². The lowest BCUT2D eigenvalue weighted by atomic mass is 10.1. The van der Waals surface area contributed by atoms with Crippen molar-refractivity contribution in [2.24, 2.45) is 0 Å². The van der Waals surface area contributed by atoms with Gasteiger partial charge in [0.05, 0.1) is 0 Å². The van der Waals surface area contributed by atoms with Gasteiger partial charge >= 0.3 is 0 Å². The van der Waals surface area contributed by atoms with Crippen molar-refractivity contribution in [1.82, 2.24) is 4.90 Å². The van der Waals surface area contributed by atoms with E-state index in [4.69, 9.17) is 11.6 Å². The topological polar surface area (TPSA) is 20.3 Å². The molecule has 3 heteroatoms. The molecule has 1 amide bonds. The number of hydrogen-bond acceptors (Lipinski definition) is 1. The van der Waals surface area contributed by atoms with E-state index in [1.807, 2.05) is 30.0 Å². The van der Waals surface area contributed by atoms with Crippen molar-refractivity contribution in [3.63, 3.8) is 0 Å². The first-order valence-corrected chi connectivity index (χ1v) is 6.19. The Bertz CT molecular complexity index is 313. The predicted octanol–water partition coefficient (Wildman–Crippen LogP) is 2.71. The van der Waals surface area contributed by atoms with Crippen LogP contribution in [0.5, 0.6) is 0 Å². The van der Waals surface area contributed by atoms with Crippen LogP contribution in [0.3, 0.4) is 0 Å². The molecule has 0 aliphatic heterocycles. The van der Waals surface area contributed by atoms with Gasteiger partial charge in [0.15, 0.2) is 0 Å². The van der Waals surface area contributed by atoms with Crippen LogP contribution < -0.4 is 0 Å². The molecule has 0 atom stereocenters. The Morgan fingerprint density at radius 2 is 2.00 bits per heavy atom. The summed E-state index contributed by atoms with van der Waals surface area (Å²) in [5, 5.41) is 0. The molecule has 0 aliphatic rings. The van der Waals surface area contributed by atoms with Crippen LogP contribution in [0.1, 0.15) is 18.9 Å². The van der Waals surface area contributed by atoms with Gasteiger partial charge in [-0.05, 0) is 18.9 Å². The van der Waals surface area contributed by atoms with Crippen molar-refractivity contribution in [3.05, 3.63) is 35.9 Å². The fraction of sp³-hybridized carbons (Fsp3) is 0.462. The number of likely N-dealkylation sites (N-methyl/N-ethyl adjacent to an activating group) is 1. The number of hydrogen-bond donors (Lipinski definition) is 0. The summed E-state index contributed by atoms with van der Waals surface area (Å²) in [5.74, 6) is 0.550. The molecule has 0 saturated heterocycles. The van der Waals surface area contributed by atoms with Crippen LogP contribution in [-0.4, -0.2) is 29.8 Å². The predicted molar refractivity (Wildman–Crippen MR) is 67.7 cm³/mol. The van der Waals surface area contributed by atoms with Gasteiger partial charge in [-0.1, -0.05) is 30.3 Å². The fourth-order valence-corrected chi connectivity index (χ4v) is 1.77. The van der Waals surface area contributed by atoms with Crippen LogP contribution in [0.25, 0.3) is 0 Å². The van der Waals surface area contributed by atoms with Gasteiger partial charge in [-0.25, -0.2) is 0 Å². The van der Waals surface area contributed by atoms with Gasteiger partial charge in [-0.2, -0.15) is 0 Å². The van der Waals surface area contributed by atoms with E-state index in [-0.39, 0.29) is 5.91 Å². The maximum absolute atomic E-state index is 11.6. The third-order valence-corrected chi connectivity index (χ3v) is 2.74. The van der Waals surface area contributed by atoms with Crippen molar-refractivity contribution >= 4 is 17.5 Å². The van der Waals surface area contributed by atoms with E-state index in [9.17, 15) is 4.79 Å². The van der Waals surface area contributed by atoms with Gasteiger partial charge in [0.1, 0.15) is 0 Å². The fourth-order valence-electron chi connectivity index (χ4n) is 1.61. The number of benzene rings is 1. The first-order valence-electron chi connectivity index (χ1n) is 5.65. The molecular weight excluding hydrogens is 222 g/mol. The SMILES string of the molecule is CCN(CCc1ccccc1)C(=O)CCCl. The number of nitrogens with zero attached hydrogens (tertiary/aromatic N) is 1. The zero-order chi connectivity index (χ0) is 11.8. The van der Waals surface area contributed by atoms with Crippen molar-refractivity contribution in [2.75, 3.05) is 19.0 Å². The Morgan fingerprint density at radius 1 is 1.31 bits per heavy atom. The average Bonchev–Trinajstić information content (AvgIpc) is 2.31. The van der Waals surface area contributed by atoms with E-state index < -0.39 is 0 Å². The molecule has 0 spiro atoms. The third kappa shape index (κ3) is 4.23.